The molecule has 1 aliphatic heterocycles. The lowest BCUT2D eigenvalue weighted by Crippen LogP contribution is -3.00. The molecule has 1 aromatic heterocycles. The average molecular weight is 535 g/mol. The molecule has 0 radical (unpaired) electrons. The maximum absolute atomic E-state index is 2.39. The third kappa shape index (κ3) is 4.89. The average Bonchev–Trinajstić information content (AvgIpc) is 3.20. The van der Waals surface area contributed by atoms with Crippen LogP contribution in [0, 0.1) is 0 Å². The number of unbranched alkanes of at least 4 members (excludes halogenated alkanes) is 2. The zero-order valence-corrected chi connectivity index (χ0v) is 21.0. The van der Waals surface area contributed by atoms with Gasteiger partial charge in [0, 0.05) is 24.1 Å². The number of rotatable bonds is 6. The molecule has 4 rings (SSSR count). The van der Waals surface area contributed by atoms with Gasteiger partial charge in [-0.3, -0.25) is 0 Å². The fourth-order valence-electron chi connectivity index (χ4n) is 3.58. The van der Waals surface area contributed by atoms with Crippen LogP contribution in [0.5, 0.6) is 0 Å². The maximum atomic E-state index is 2.39. The first-order valence-electron chi connectivity index (χ1n) is 9.98. The summed E-state index contributed by atoms with van der Waals surface area (Å²) in [6.07, 6.45) is 9.68. The van der Waals surface area contributed by atoms with Crippen LogP contribution in [0.2, 0.25) is 0 Å². The summed E-state index contributed by atoms with van der Waals surface area (Å²) >= 11 is 3.75. The molecule has 29 heavy (non-hydrogen) atoms. The summed E-state index contributed by atoms with van der Waals surface area (Å²) in [6.45, 7) is 2.27. The van der Waals surface area contributed by atoms with E-state index in [1.165, 1.54) is 55.7 Å². The SMILES string of the molecule is CCCCCC(=C/c1sc2ccccc2[n+]1C)/C=C1\Sc2ccccc2N1C.[I-]. The summed E-state index contributed by atoms with van der Waals surface area (Å²) in [5.74, 6) is 0. The van der Waals surface area contributed by atoms with Gasteiger partial charge in [0.25, 0.3) is 5.01 Å². The second-order valence-corrected chi connectivity index (χ2v) is 9.38. The van der Waals surface area contributed by atoms with Crippen molar-refractivity contribution in [3.63, 3.8) is 0 Å². The molecule has 2 nitrogen and oxygen atoms in total. The Morgan fingerprint density at radius 1 is 1.07 bits per heavy atom. The van der Waals surface area contributed by atoms with Gasteiger partial charge in [0.2, 0.25) is 5.52 Å². The first-order chi connectivity index (χ1) is 13.7. The third-order valence-electron chi connectivity index (χ3n) is 5.23. The van der Waals surface area contributed by atoms with Gasteiger partial charge < -0.3 is 28.9 Å². The van der Waals surface area contributed by atoms with Gasteiger partial charge >= 0.3 is 0 Å². The Morgan fingerprint density at radius 2 is 1.83 bits per heavy atom. The highest BCUT2D eigenvalue weighted by Crippen LogP contribution is 2.45. The summed E-state index contributed by atoms with van der Waals surface area (Å²) < 4.78 is 3.66. The van der Waals surface area contributed by atoms with Crippen molar-refractivity contribution in [1.29, 1.82) is 0 Å². The van der Waals surface area contributed by atoms with Crippen molar-refractivity contribution < 1.29 is 28.5 Å². The molecule has 0 bridgehead atoms. The van der Waals surface area contributed by atoms with Gasteiger partial charge in [-0.1, -0.05) is 67.1 Å². The van der Waals surface area contributed by atoms with E-state index in [9.17, 15) is 0 Å². The van der Waals surface area contributed by atoms with Gasteiger partial charge in [-0.2, -0.15) is 4.57 Å². The fraction of sp³-hybridized carbons (Fsp3) is 0.292. The van der Waals surface area contributed by atoms with Crippen molar-refractivity contribution >= 4 is 45.1 Å². The molecule has 3 aromatic rings. The highest BCUT2D eigenvalue weighted by atomic mass is 127. The van der Waals surface area contributed by atoms with E-state index in [1.807, 2.05) is 23.1 Å². The normalized spacial score (nSPS) is 15.1. The van der Waals surface area contributed by atoms with Crippen LogP contribution in [0.4, 0.5) is 5.69 Å². The van der Waals surface area contributed by atoms with Crippen LogP contribution >= 0.6 is 23.1 Å². The number of anilines is 1. The van der Waals surface area contributed by atoms with Gasteiger partial charge in [0.15, 0.2) is 0 Å². The Labute approximate surface area is 199 Å². The van der Waals surface area contributed by atoms with E-state index in [4.69, 9.17) is 0 Å². The number of nitrogens with zero attached hydrogens (tertiary/aromatic N) is 2. The van der Waals surface area contributed by atoms with Crippen LogP contribution in [-0.2, 0) is 7.05 Å². The third-order valence-corrected chi connectivity index (χ3v) is 7.56. The second-order valence-electron chi connectivity index (χ2n) is 7.25. The predicted molar refractivity (Wildman–Crippen MR) is 124 cm³/mol. The van der Waals surface area contributed by atoms with Gasteiger partial charge in [-0.15, -0.1) is 0 Å². The zero-order valence-electron chi connectivity index (χ0n) is 17.2. The van der Waals surface area contributed by atoms with Crippen LogP contribution < -0.4 is 33.4 Å². The smallest absolute Gasteiger partial charge is 0.262 e. The highest BCUT2D eigenvalue weighted by Gasteiger charge is 2.22. The van der Waals surface area contributed by atoms with Gasteiger partial charge in [-0.25, -0.2) is 0 Å². The Balaban J connectivity index is 0.00000240. The molecule has 0 atom stereocenters. The molecule has 0 saturated heterocycles. The number of halogens is 1. The minimum Gasteiger partial charge on any atom is -1.00 e. The van der Waals surface area contributed by atoms with E-state index in [0.29, 0.717) is 0 Å². The minimum atomic E-state index is 0. The van der Waals surface area contributed by atoms with Crippen LogP contribution in [0.1, 0.15) is 37.6 Å². The summed E-state index contributed by atoms with van der Waals surface area (Å²) in [7, 11) is 4.35. The fourth-order valence-corrected chi connectivity index (χ4v) is 5.83. The minimum absolute atomic E-state index is 0. The number of hydrogen-bond acceptors (Lipinski definition) is 3. The number of fused-ring (bicyclic) bond motifs is 2. The first kappa shape index (κ1) is 22.4. The molecular formula is C24H27IN2S2. The van der Waals surface area contributed by atoms with Gasteiger partial charge in [0.1, 0.15) is 11.7 Å². The zero-order chi connectivity index (χ0) is 19.5. The molecule has 1 aliphatic rings. The lowest BCUT2D eigenvalue weighted by molar-refractivity contribution is -0.642. The number of para-hydroxylation sites is 2. The number of thiazole rings is 1. The number of allylic oxidation sites excluding steroid dienone is 2. The molecule has 2 heterocycles. The van der Waals surface area contributed by atoms with Crippen molar-refractivity contribution in [3.8, 4) is 0 Å². The lowest BCUT2D eigenvalue weighted by atomic mass is 10.1. The Kier molecular flexibility index (Phi) is 7.82. The predicted octanol–water partition coefficient (Wildman–Crippen LogP) is 3.78. The van der Waals surface area contributed by atoms with Crippen molar-refractivity contribution in [1.82, 2.24) is 0 Å². The van der Waals surface area contributed by atoms with E-state index in [2.05, 4.69) is 91.2 Å². The van der Waals surface area contributed by atoms with Crippen LogP contribution in [-0.4, -0.2) is 7.05 Å². The van der Waals surface area contributed by atoms with Crippen LogP contribution in [0.3, 0.4) is 0 Å². The van der Waals surface area contributed by atoms with Crippen LogP contribution in [0.15, 0.2) is 70.1 Å². The van der Waals surface area contributed by atoms with Crippen molar-refractivity contribution in [2.45, 2.75) is 37.5 Å². The molecule has 0 unspecified atom stereocenters. The number of benzene rings is 2. The number of aromatic nitrogens is 1. The number of thioether (sulfide) groups is 1. The molecule has 0 aliphatic carbocycles. The highest BCUT2D eigenvalue weighted by molar-refractivity contribution is 8.03. The number of aryl methyl sites for hydroxylation is 1. The number of hydrogen-bond donors (Lipinski definition) is 0. The molecule has 0 saturated carbocycles. The summed E-state index contributed by atoms with van der Waals surface area (Å²) in [6, 6.07) is 17.3. The Bertz CT molecular complexity index is 1050. The first-order valence-corrected chi connectivity index (χ1v) is 11.6. The van der Waals surface area contributed by atoms with Gasteiger partial charge in [-0.05, 0) is 42.7 Å². The summed E-state index contributed by atoms with van der Waals surface area (Å²) in [5, 5.41) is 2.63. The monoisotopic (exact) mass is 534 g/mol. The maximum Gasteiger partial charge on any atom is 0.262 e. The largest absolute Gasteiger partial charge is 1.00 e. The van der Waals surface area contributed by atoms with E-state index < -0.39 is 0 Å². The standard InChI is InChI=1S/C24H27N2S2.HI/c1-4-5-6-11-18(16-23-25(2)19-12-7-9-14-21(19)27-23)17-24-26(3)20-13-8-10-15-22(20)28-24;/h7-10,12-17H,4-6,11H2,1-3H3;1H/q+1;/p-1. The summed E-state index contributed by atoms with van der Waals surface area (Å²) in [4.78, 5) is 3.66. The molecule has 0 N–H and O–H groups in total. The Hall–Kier alpha value is -1.31. The summed E-state index contributed by atoms with van der Waals surface area (Å²) in [5.41, 5.74) is 4.02. The molecular weight excluding hydrogens is 507 g/mol. The van der Waals surface area contributed by atoms with Crippen molar-refractivity contribution in [2.24, 2.45) is 7.05 Å². The topological polar surface area (TPSA) is 7.12 Å². The molecule has 5 heteroatoms. The van der Waals surface area contributed by atoms with E-state index >= 15 is 0 Å². The van der Waals surface area contributed by atoms with E-state index in [1.54, 1.807) is 0 Å². The van der Waals surface area contributed by atoms with Crippen LogP contribution in [0.25, 0.3) is 16.3 Å². The quantitative estimate of drug-likeness (QED) is 0.270. The Morgan fingerprint density at radius 3 is 2.59 bits per heavy atom. The van der Waals surface area contributed by atoms with E-state index in [0.717, 1.165) is 6.42 Å². The lowest BCUT2D eigenvalue weighted by Gasteiger charge is -2.14. The van der Waals surface area contributed by atoms with Crippen molar-refractivity contribution in [2.75, 3.05) is 11.9 Å². The molecule has 152 valence electrons. The molecule has 0 amide bonds. The second kappa shape index (κ2) is 10.1. The molecule has 0 spiro atoms. The van der Waals surface area contributed by atoms with E-state index in [-0.39, 0.29) is 24.0 Å². The van der Waals surface area contributed by atoms with Crippen molar-refractivity contribution in [3.05, 3.63) is 70.2 Å². The molecule has 2 aromatic carbocycles. The van der Waals surface area contributed by atoms with Gasteiger partial charge in [0.05, 0.1) is 10.7 Å². The molecule has 0 fully saturated rings.